The van der Waals surface area contributed by atoms with Crippen LogP contribution in [0, 0.1) is 13.8 Å². The number of aliphatic carboxylic acids is 1. The van der Waals surface area contributed by atoms with Crippen molar-refractivity contribution in [3.05, 3.63) is 17.0 Å². The maximum absolute atomic E-state index is 12.3. The number of carbonyl (C=O) groups excluding carboxylic acids is 1. The van der Waals surface area contributed by atoms with Crippen molar-refractivity contribution in [1.82, 2.24) is 10.1 Å². The lowest BCUT2D eigenvalue weighted by atomic mass is 10.0. The molecule has 0 aliphatic heterocycles. The average Bonchev–Trinajstić information content (AvgIpc) is 2.67. The van der Waals surface area contributed by atoms with Crippen molar-refractivity contribution < 1.29 is 19.2 Å². The van der Waals surface area contributed by atoms with E-state index in [1.807, 2.05) is 6.92 Å². The molecule has 0 atom stereocenters. The van der Waals surface area contributed by atoms with Crippen molar-refractivity contribution in [2.75, 3.05) is 6.54 Å². The highest BCUT2D eigenvalue weighted by molar-refractivity contribution is 5.86. The maximum atomic E-state index is 12.3. The molecule has 0 spiro atoms. The molecule has 0 unspecified atom stereocenters. The summed E-state index contributed by atoms with van der Waals surface area (Å²) in [5, 5.41) is 13.1. The van der Waals surface area contributed by atoms with Crippen molar-refractivity contribution in [2.24, 2.45) is 0 Å². The molecule has 0 aliphatic carbocycles. The number of aromatic nitrogens is 1. The Bertz CT molecular complexity index is 486. The highest BCUT2D eigenvalue weighted by Crippen LogP contribution is 2.19. The molecule has 6 heteroatoms. The predicted molar refractivity (Wildman–Crippen MR) is 73.4 cm³/mol. The van der Waals surface area contributed by atoms with E-state index < -0.39 is 11.5 Å². The first-order valence-corrected chi connectivity index (χ1v) is 6.67. The van der Waals surface area contributed by atoms with E-state index in [9.17, 15) is 14.7 Å². The maximum Gasteiger partial charge on any atom is 0.329 e. The van der Waals surface area contributed by atoms with E-state index in [2.05, 4.69) is 5.16 Å². The molecule has 1 heterocycles. The second kappa shape index (κ2) is 6.07. The summed E-state index contributed by atoms with van der Waals surface area (Å²) in [4.78, 5) is 24.9. The Kier molecular flexibility index (Phi) is 4.92. The van der Waals surface area contributed by atoms with Crippen molar-refractivity contribution in [1.29, 1.82) is 0 Å². The summed E-state index contributed by atoms with van der Waals surface area (Å²) in [6.45, 7) is 8.84. The van der Waals surface area contributed by atoms with E-state index in [4.69, 9.17) is 4.52 Å². The molecule has 0 aromatic carbocycles. The second-order valence-electron chi connectivity index (χ2n) is 5.30. The summed E-state index contributed by atoms with van der Waals surface area (Å²) in [5.41, 5.74) is 0.489. The number of likely N-dealkylation sites (N-methyl/N-ethyl adjacent to an activating group) is 1. The highest BCUT2D eigenvalue weighted by Gasteiger charge is 2.36. The molecule has 1 aromatic heterocycles. The predicted octanol–water partition coefficient (Wildman–Crippen LogP) is 1.94. The molecule has 112 valence electrons. The summed E-state index contributed by atoms with van der Waals surface area (Å²) in [6, 6.07) is 0. The normalized spacial score (nSPS) is 11.4. The zero-order valence-electron chi connectivity index (χ0n) is 12.7. The Morgan fingerprint density at radius 2 is 1.95 bits per heavy atom. The first-order chi connectivity index (χ1) is 9.21. The average molecular weight is 282 g/mol. The van der Waals surface area contributed by atoms with Gasteiger partial charge in [0.1, 0.15) is 11.3 Å². The number of amides is 1. The third-order valence-corrected chi connectivity index (χ3v) is 3.59. The van der Waals surface area contributed by atoms with E-state index in [0.29, 0.717) is 18.7 Å². The van der Waals surface area contributed by atoms with Crippen LogP contribution in [0.25, 0.3) is 0 Å². The van der Waals surface area contributed by atoms with E-state index in [0.717, 1.165) is 11.3 Å². The molecule has 0 saturated heterocycles. The smallest absolute Gasteiger partial charge is 0.329 e. The van der Waals surface area contributed by atoms with Crippen molar-refractivity contribution in [3.63, 3.8) is 0 Å². The van der Waals surface area contributed by atoms with Gasteiger partial charge in [-0.25, -0.2) is 4.79 Å². The molecular formula is C14H22N2O4. The number of rotatable bonds is 6. The first kappa shape index (κ1) is 16.2. The minimum absolute atomic E-state index is 0.181. The SMILES string of the molecule is CCN(C(=O)CCc1c(C)noc1C)C(C)(C)C(=O)O. The fourth-order valence-electron chi connectivity index (χ4n) is 2.22. The van der Waals surface area contributed by atoms with E-state index >= 15 is 0 Å². The van der Waals surface area contributed by atoms with Gasteiger partial charge in [-0.3, -0.25) is 4.79 Å². The van der Waals surface area contributed by atoms with Gasteiger partial charge in [-0.1, -0.05) is 5.16 Å². The summed E-state index contributed by atoms with van der Waals surface area (Å²) < 4.78 is 5.05. The molecule has 6 nitrogen and oxygen atoms in total. The van der Waals surface area contributed by atoms with Gasteiger partial charge in [0.05, 0.1) is 5.69 Å². The van der Waals surface area contributed by atoms with Crippen LogP contribution >= 0.6 is 0 Å². The molecule has 1 rings (SSSR count). The monoisotopic (exact) mass is 282 g/mol. The van der Waals surface area contributed by atoms with Gasteiger partial charge >= 0.3 is 5.97 Å². The molecule has 0 fully saturated rings. The van der Waals surface area contributed by atoms with Crippen molar-refractivity contribution in [3.8, 4) is 0 Å². The lowest BCUT2D eigenvalue weighted by molar-refractivity contribution is -0.156. The molecule has 0 radical (unpaired) electrons. The van der Waals surface area contributed by atoms with Gasteiger partial charge in [-0.05, 0) is 41.0 Å². The Labute approximate surface area is 118 Å². The van der Waals surface area contributed by atoms with Crippen LogP contribution in [0.1, 0.15) is 44.2 Å². The highest BCUT2D eigenvalue weighted by atomic mass is 16.5. The van der Waals surface area contributed by atoms with Crippen molar-refractivity contribution in [2.45, 2.75) is 53.0 Å². The molecule has 0 bridgehead atoms. The summed E-state index contributed by atoms with van der Waals surface area (Å²) in [5.74, 6) is -0.485. The summed E-state index contributed by atoms with van der Waals surface area (Å²) in [7, 11) is 0. The van der Waals surface area contributed by atoms with Crippen LogP contribution in [0.3, 0.4) is 0 Å². The topological polar surface area (TPSA) is 83.6 Å². The summed E-state index contributed by atoms with van der Waals surface area (Å²) in [6.07, 6.45) is 0.750. The first-order valence-electron chi connectivity index (χ1n) is 6.67. The minimum Gasteiger partial charge on any atom is -0.480 e. The fraction of sp³-hybridized carbons (Fsp3) is 0.643. The Balaban J connectivity index is 2.77. The lowest BCUT2D eigenvalue weighted by Crippen LogP contribution is -2.52. The number of hydrogen-bond donors (Lipinski definition) is 1. The van der Waals surface area contributed by atoms with Crippen LogP contribution < -0.4 is 0 Å². The van der Waals surface area contributed by atoms with Gasteiger partial charge in [-0.2, -0.15) is 0 Å². The number of carboxylic acid groups (broad SMARTS) is 1. The van der Waals surface area contributed by atoms with Crippen LogP contribution in [0.4, 0.5) is 0 Å². The molecular weight excluding hydrogens is 260 g/mol. The number of carboxylic acids is 1. The van der Waals surface area contributed by atoms with Crippen LogP contribution in [-0.2, 0) is 16.0 Å². The minimum atomic E-state index is -1.20. The van der Waals surface area contributed by atoms with Gasteiger partial charge in [-0.15, -0.1) is 0 Å². The molecule has 0 saturated carbocycles. The van der Waals surface area contributed by atoms with Gasteiger partial charge in [0.2, 0.25) is 5.91 Å². The number of hydrogen-bond acceptors (Lipinski definition) is 4. The number of carbonyl (C=O) groups is 2. The standard InChI is InChI=1S/C14H22N2O4/c1-6-16(14(4,5)13(18)19)12(17)8-7-11-9(2)15-20-10(11)3/h6-8H2,1-5H3,(H,18,19). The van der Waals surface area contributed by atoms with Crippen LogP contribution in [0.2, 0.25) is 0 Å². The summed E-state index contributed by atoms with van der Waals surface area (Å²) >= 11 is 0. The molecule has 1 amide bonds. The molecule has 1 aromatic rings. The molecule has 20 heavy (non-hydrogen) atoms. The van der Waals surface area contributed by atoms with Gasteiger partial charge < -0.3 is 14.5 Å². The van der Waals surface area contributed by atoms with E-state index in [1.54, 1.807) is 13.8 Å². The van der Waals surface area contributed by atoms with Crippen LogP contribution in [0.15, 0.2) is 4.52 Å². The zero-order valence-corrected chi connectivity index (χ0v) is 12.7. The Morgan fingerprint density at radius 1 is 1.35 bits per heavy atom. The zero-order chi connectivity index (χ0) is 15.5. The van der Waals surface area contributed by atoms with Crippen LogP contribution in [0.5, 0.6) is 0 Å². The Hall–Kier alpha value is -1.85. The van der Waals surface area contributed by atoms with Crippen molar-refractivity contribution >= 4 is 11.9 Å². The van der Waals surface area contributed by atoms with Crippen LogP contribution in [-0.4, -0.2) is 39.1 Å². The van der Waals surface area contributed by atoms with E-state index in [1.165, 1.54) is 18.7 Å². The van der Waals surface area contributed by atoms with Gasteiger partial charge in [0.25, 0.3) is 0 Å². The largest absolute Gasteiger partial charge is 0.480 e. The lowest BCUT2D eigenvalue weighted by Gasteiger charge is -2.34. The molecule has 0 aliphatic rings. The quantitative estimate of drug-likeness (QED) is 0.862. The molecule has 1 N–H and O–H groups in total. The second-order valence-corrected chi connectivity index (χ2v) is 5.30. The van der Waals surface area contributed by atoms with Gasteiger partial charge in [0.15, 0.2) is 0 Å². The van der Waals surface area contributed by atoms with Gasteiger partial charge in [0, 0.05) is 18.5 Å². The third kappa shape index (κ3) is 3.18. The number of aryl methyl sites for hydroxylation is 2. The fourth-order valence-corrected chi connectivity index (χ4v) is 2.22. The van der Waals surface area contributed by atoms with E-state index in [-0.39, 0.29) is 12.3 Å². The number of nitrogens with zero attached hydrogens (tertiary/aromatic N) is 2. The third-order valence-electron chi connectivity index (χ3n) is 3.59. The Morgan fingerprint density at radius 3 is 2.35 bits per heavy atom.